The molecule has 0 radical (unpaired) electrons. The number of benzene rings is 2. The summed E-state index contributed by atoms with van der Waals surface area (Å²) < 4.78 is 0. The van der Waals surface area contributed by atoms with E-state index in [9.17, 15) is 0 Å². The highest BCUT2D eigenvalue weighted by molar-refractivity contribution is 6.35. The minimum Gasteiger partial charge on any atom is -0.384 e. The van der Waals surface area contributed by atoms with Crippen LogP contribution in [0.1, 0.15) is 18.4 Å². The van der Waals surface area contributed by atoms with Gasteiger partial charge in [0.1, 0.15) is 0 Å². The van der Waals surface area contributed by atoms with Crippen LogP contribution in [-0.4, -0.2) is 6.54 Å². The van der Waals surface area contributed by atoms with E-state index in [0.717, 1.165) is 17.0 Å². The van der Waals surface area contributed by atoms with E-state index in [2.05, 4.69) is 30.4 Å². The minimum absolute atomic E-state index is 0.571. The first kappa shape index (κ1) is 9.05. The predicted octanol–water partition coefficient (Wildman–Crippen LogP) is 4.02. The molecule has 0 saturated carbocycles. The summed E-state index contributed by atoms with van der Waals surface area (Å²) in [6.45, 7) is 3.28. The van der Waals surface area contributed by atoms with Gasteiger partial charge in [-0.3, -0.25) is 0 Å². The molecule has 1 unspecified atom stereocenters. The summed E-state index contributed by atoms with van der Waals surface area (Å²) in [6, 6.07) is 10.4. The van der Waals surface area contributed by atoms with Crippen LogP contribution >= 0.6 is 11.6 Å². The van der Waals surface area contributed by atoms with Gasteiger partial charge < -0.3 is 5.32 Å². The average molecular weight is 218 g/mol. The molecule has 76 valence electrons. The molecule has 3 rings (SSSR count). The largest absolute Gasteiger partial charge is 0.384 e. The van der Waals surface area contributed by atoms with Crippen LogP contribution in [0.15, 0.2) is 30.3 Å². The van der Waals surface area contributed by atoms with Crippen molar-refractivity contribution in [3.8, 4) is 0 Å². The Bertz CT molecular complexity index is 533. The molecule has 2 heteroatoms. The van der Waals surface area contributed by atoms with Crippen LogP contribution in [-0.2, 0) is 0 Å². The van der Waals surface area contributed by atoms with Crippen molar-refractivity contribution < 1.29 is 0 Å². The van der Waals surface area contributed by atoms with Crippen LogP contribution in [0.25, 0.3) is 10.8 Å². The number of hydrogen-bond donors (Lipinski definition) is 1. The van der Waals surface area contributed by atoms with Crippen molar-refractivity contribution in [1.82, 2.24) is 0 Å². The lowest BCUT2D eigenvalue weighted by Crippen LogP contribution is -1.96. The highest BCUT2D eigenvalue weighted by atomic mass is 35.5. The summed E-state index contributed by atoms with van der Waals surface area (Å²) >= 11 is 6.19. The maximum Gasteiger partial charge on any atom is 0.0484 e. The molecule has 1 aliphatic rings. The molecule has 0 bridgehead atoms. The Kier molecular flexibility index (Phi) is 1.89. The monoisotopic (exact) mass is 217 g/mol. The van der Waals surface area contributed by atoms with Crippen molar-refractivity contribution in [3.63, 3.8) is 0 Å². The van der Waals surface area contributed by atoms with E-state index < -0.39 is 0 Å². The highest BCUT2D eigenvalue weighted by Gasteiger charge is 2.20. The van der Waals surface area contributed by atoms with Gasteiger partial charge in [-0.2, -0.15) is 0 Å². The van der Waals surface area contributed by atoms with Gasteiger partial charge in [0.05, 0.1) is 0 Å². The molecular formula is C13H12ClN. The molecule has 0 saturated heterocycles. The SMILES string of the molecule is CC1CNc2ccc3c(Cl)cccc3c21. The summed E-state index contributed by atoms with van der Waals surface area (Å²) in [5, 5.41) is 6.71. The zero-order chi connectivity index (χ0) is 10.4. The van der Waals surface area contributed by atoms with Crippen LogP contribution in [0, 0.1) is 0 Å². The van der Waals surface area contributed by atoms with Crippen molar-refractivity contribution in [2.24, 2.45) is 0 Å². The number of hydrogen-bond acceptors (Lipinski definition) is 1. The van der Waals surface area contributed by atoms with Gasteiger partial charge in [-0.15, -0.1) is 0 Å². The molecule has 1 nitrogen and oxygen atoms in total. The molecule has 0 aliphatic carbocycles. The fraction of sp³-hybridized carbons (Fsp3) is 0.231. The first-order chi connectivity index (χ1) is 7.27. The van der Waals surface area contributed by atoms with E-state index in [-0.39, 0.29) is 0 Å². The molecule has 1 heterocycles. The molecule has 2 aromatic carbocycles. The lowest BCUT2D eigenvalue weighted by molar-refractivity contribution is 0.860. The Hall–Kier alpha value is -1.21. The highest BCUT2D eigenvalue weighted by Crippen LogP contribution is 2.38. The lowest BCUT2D eigenvalue weighted by atomic mass is 9.96. The number of rotatable bonds is 0. The second-order valence-electron chi connectivity index (χ2n) is 4.14. The molecule has 0 aromatic heterocycles. The smallest absolute Gasteiger partial charge is 0.0484 e. The quantitative estimate of drug-likeness (QED) is 0.703. The van der Waals surface area contributed by atoms with E-state index >= 15 is 0 Å². The molecular weight excluding hydrogens is 206 g/mol. The topological polar surface area (TPSA) is 12.0 Å². The van der Waals surface area contributed by atoms with Crippen LogP contribution in [0.2, 0.25) is 5.02 Å². The molecule has 0 spiro atoms. The average Bonchev–Trinajstić information content (AvgIpc) is 2.61. The molecule has 15 heavy (non-hydrogen) atoms. The summed E-state index contributed by atoms with van der Waals surface area (Å²) in [5.41, 5.74) is 2.67. The van der Waals surface area contributed by atoms with E-state index in [1.54, 1.807) is 0 Å². The number of fused-ring (bicyclic) bond motifs is 3. The normalized spacial score (nSPS) is 18.9. The van der Waals surface area contributed by atoms with Crippen LogP contribution < -0.4 is 5.32 Å². The molecule has 1 N–H and O–H groups in total. The van der Waals surface area contributed by atoms with E-state index in [1.807, 2.05) is 12.1 Å². The molecule has 1 aliphatic heterocycles. The van der Waals surface area contributed by atoms with Crippen LogP contribution in [0.5, 0.6) is 0 Å². The fourth-order valence-electron chi connectivity index (χ4n) is 2.39. The number of nitrogens with one attached hydrogen (secondary N) is 1. The first-order valence-corrected chi connectivity index (χ1v) is 5.60. The standard InChI is InChI=1S/C13H12ClN/c1-8-7-15-12-6-5-9-10(13(8)12)3-2-4-11(9)14/h2-6,8,15H,7H2,1H3. The maximum atomic E-state index is 6.19. The molecule has 0 amide bonds. The van der Waals surface area contributed by atoms with Gasteiger partial charge in [-0.1, -0.05) is 36.7 Å². The fourth-order valence-corrected chi connectivity index (χ4v) is 2.63. The summed E-state index contributed by atoms with van der Waals surface area (Å²) in [5.74, 6) is 0.571. The van der Waals surface area contributed by atoms with E-state index in [1.165, 1.54) is 16.6 Å². The van der Waals surface area contributed by atoms with E-state index in [4.69, 9.17) is 11.6 Å². The van der Waals surface area contributed by atoms with Crippen molar-refractivity contribution in [2.45, 2.75) is 12.8 Å². The van der Waals surface area contributed by atoms with Crippen molar-refractivity contribution in [2.75, 3.05) is 11.9 Å². The maximum absolute atomic E-state index is 6.19. The zero-order valence-corrected chi connectivity index (χ0v) is 9.31. The second-order valence-corrected chi connectivity index (χ2v) is 4.55. The summed E-state index contributed by atoms with van der Waals surface area (Å²) in [6.07, 6.45) is 0. The number of halogens is 1. The second kappa shape index (κ2) is 3.14. The van der Waals surface area contributed by atoms with Gasteiger partial charge in [0.15, 0.2) is 0 Å². The molecule has 0 fully saturated rings. The van der Waals surface area contributed by atoms with Gasteiger partial charge in [0.25, 0.3) is 0 Å². The van der Waals surface area contributed by atoms with Crippen molar-refractivity contribution in [1.29, 1.82) is 0 Å². The third kappa shape index (κ3) is 1.23. The Morgan fingerprint density at radius 1 is 1.20 bits per heavy atom. The molecule has 1 atom stereocenters. The lowest BCUT2D eigenvalue weighted by Gasteiger charge is -2.08. The third-order valence-corrected chi connectivity index (χ3v) is 3.47. The molecule has 2 aromatic rings. The Balaban J connectivity index is 2.43. The summed E-state index contributed by atoms with van der Waals surface area (Å²) in [7, 11) is 0. The van der Waals surface area contributed by atoms with Gasteiger partial charge >= 0.3 is 0 Å². The van der Waals surface area contributed by atoms with Gasteiger partial charge in [0, 0.05) is 28.6 Å². The van der Waals surface area contributed by atoms with Crippen molar-refractivity contribution >= 4 is 28.1 Å². The van der Waals surface area contributed by atoms with Gasteiger partial charge in [0.2, 0.25) is 0 Å². The minimum atomic E-state index is 0.571. The first-order valence-electron chi connectivity index (χ1n) is 5.22. The predicted molar refractivity (Wildman–Crippen MR) is 65.9 cm³/mol. The van der Waals surface area contributed by atoms with Crippen LogP contribution in [0.4, 0.5) is 5.69 Å². The van der Waals surface area contributed by atoms with Gasteiger partial charge in [-0.05, 0) is 23.1 Å². The zero-order valence-electron chi connectivity index (χ0n) is 8.55. The number of anilines is 1. The Morgan fingerprint density at radius 2 is 2.07 bits per heavy atom. The van der Waals surface area contributed by atoms with Crippen molar-refractivity contribution in [3.05, 3.63) is 40.9 Å². The Labute approximate surface area is 94.1 Å². The van der Waals surface area contributed by atoms with E-state index in [0.29, 0.717) is 5.92 Å². The Morgan fingerprint density at radius 3 is 2.93 bits per heavy atom. The van der Waals surface area contributed by atoms with Gasteiger partial charge in [-0.25, -0.2) is 0 Å². The third-order valence-electron chi connectivity index (χ3n) is 3.14. The summed E-state index contributed by atoms with van der Waals surface area (Å²) in [4.78, 5) is 0. The van der Waals surface area contributed by atoms with Crippen LogP contribution in [0.3, 0.4) is 0 Å².